The van der Waals surface area contributed by atoms with Crippen LogP contribution in [0.1, 0.15) is 91.4 Å². The van der Waals surface area contributed by atoms with Crippen LogP contribution >= 0.6 is 0 Å². The molecule has 0 aromatic heterocycles. The van der Waals surface area contributed by atoms with Crippen LogP contribution < -0.4 is 0 Å². The van der Waals surface area contributed by atoms with Crippen molar-refractivity contribution in [3.05, 3.63) is 11.6 Å². The topological polar surface area (TPSA) is 38.8 Å². The maximum Gasteiger partial charge on any atom is 0.155 e. The lowest BCUT2D eigenvalue weighted by molar-refractivity contribution is -0.211. The number of allylic oxidation sites excluding steroid dienone is 2. The Balaban J connectivity index is 1.07. The van der Waals surface area contributed by atoms with Crippen LogP contribution in [0.2, 0.25) is 0 Å². The molecule has 0 N–H and O–H groups in total. The van der Waals surface area contributed by atoms with E-state index >= 15 is 0 Å². The highest BCUT2D eigenvalue weighted by Crippen LogP contribution is 2.93. The summed E-state index contributed by atoms with van der Waals surface area (Å²) in [7, 11) is 0. The number of ether oxygens (including phenoxy) is 2. The van der Waals surface area contributed by atoms with Crippen LogP contribution in [0, 0.1) is 45.8 Å². The third kappa shape index (κ3) is 2.61. The van der Waals surface area contributed by atoms with Crippen molar-refractivity contribution in [1.29, 1.82) is 0 Å². The largest absolute Gasteiger partial charge is 0.380 e. The van der Waals surface area contributed by atoms with Crippen LogP contribution in [-0.4, -0.2) is 54.7 Å². The maximum atomic E-state index is 12.3. The second-order valence-electron chi connectivity index (χ2n) is 14.9. The number of fused-ring (bicyclic) bond motifs is 6. The molecule has 0 aromatic carbocycles. The Hall–Kier alpha value is -0.710. The van der Waals surface area contributed by atoms with Crippen LogP contribution in [0.15, 0.2) is 11.6 Å². The summed E-state index contributed by atoms with van der Waals surface area (Å²) >= 11 is 0. The molecular weight excluding hydrogens is 446 g/mol. The highest BCUT2D eigenvalue weighted by atomic mass is 16.5. The van der Waals surface area contributed by atoms with Crippen LogP contribution in [0.4, 0.5) is 0 Å². The van der Waals surface area contributed by atoms with Gasteiger partial charge in [0, 0.05) is 43.5 Å². The number of hydrogen-bond acceptors (Lipinski definition) is 4. The molecule has 36 heavy (non-hydrogen) atoms. The first-order chi connectivity index (χ1) is 17.4. The zero-order chi connectivity index (χ0) is 24.5. The van der Waals surface area contributed by atoms with E-state index in [1.807, 2.05) is 0 Å². The van der Waals surface area contributed by atoms with Gasteiger partial charge in [-0.25, -0.2) is 0 Å². The molecule has 7 fully saturated rings. The smallest absolute Gasteiger partial charge is 0.155 e. The minimum atomic E-state index is 0.182. The first-order valence-electron chi connectivity index (χ1n) is 15.6. The van der Waals surface area contributed by atoms with Gasteiger partial charge >= 0.3 is 0 Å². The highest BCUT2D eigenvalue weighted by Gasteiger charge is 2.91. The number of piperidine rings is 1. The third-order valence-corrected chi connectivity index (χ3v) is 13.7. The summed E-state index contributed by atoms with van der Waals surface area (Å²) in [5.74, 6) is 4.49. The van der Waals surface area contributed by atoms with Crippen molar-refractivity contribution < 1.29 is 14.3 Å². The number of likely N-dealkylation sites (tertiary alicyclic amines) is 1. The van der Waals surface area contributed by atoms with E-state index in [9.17, 15) is 4.79 Å². The summed E-state index contributed by atoms with van der Waals surface area (Å²) in [5, 5.41) is 0. The number of carbonyl (C=O) groups is 1. The minimum Gasteiger partial charge on any atom is -0.380 e. The monoisotopic (exact) mass is 493 g/mol. The Morgan fingerprint density at radius 3 is 2.86 bits per heavy atom. The molecule has 2 unspecified atom stereocenters. The molecule has 8 rings (SSSR count). The molecule has 6 aliphatic carbocycles. The van der Waals surface area contributed by atoms with E-state index in [0.29, 0.717) is 28.8 Å². The molecule has 0 radical (unpaired) electrons. The Labute approximate surface area is 217 Å². The second-order valence-corrected chi connectivity index (χ2v) is 14.9. The van der Waals surface area contributed by atoms with Crippen molar-refractivity contribution in [3.8, 4) is 0 Å². The molecule has 4 nitrogen and oxygen atoms in total. The van der Waals surface area contributed by atoms with Crippen molar-refractivity contribution in [1.82, 2.24) is 4.90 Å². The molecule has 8 aliphatic rings. The number of carbonyl (C=O) groups excluding carboxylic acids is 1. The SMILES string of the molecule is CCCOCCN1C[C@@H](C)C[C@H]2O[C@@]34CC[C@H]5C6CCC7=CC(=O)CC[C@]7(C)[C@H]6CC56C[C@]63C[C@@H]4[C@@H]21. The Bertz CT molecular complexity index is 1010. The molecule has 0 bridgehead atoms. The summed E-state index contributed by atoms with van der Waals surface area (Å²) in [6.45, 7) is 11.3. The molecule has 11 atom stereocenters. The predicted molar refractivity (Wildman–Crippen MR) is 139 cm³/mol. The average Bonchev–Trinajstić information content (AvgIpc) is 3.33. The van der Waals surface area contributed by atoms with E-state index in [2.05, 4.69) is 31.7 Å². The number of nitrogens with zero attached hydrogens (tertiary/aromatic N) is 1. The second kappa shape index (κ2) is 7.48. The van der Waals surface area contributed by atoms with E-state index in [-0.39, 0.29) is 11.0 Å². The maximum absolute atomic E-state index is 12.3. The van der Waals surface area contributed by atoms with Crippen LogP contribution in [0.3, 0.4) is 0 Å². The van der Waals surface area contributed by atoms with E-state index in [4.69, 9.17) is 9.47 Å². The molecule has 5 saturated carbocycles. The Morgan fingerprint density at radius 1 is 1.11 bits per heavy atom. The van der Waals surface area contributed by atoms with E-state index in [0.717, 1.165) is 68.6 Å². The van der Waals surface area contributed by atoms with E-state index in [1.165, 1.54) is 63.5 Å². The van der Waals surface area contributed by atoms with Crippen molar-refractivity contribution in [3.63, 3.8) is 0 Å². The van der Waals surface area contributed by atoms with Gasteiger partial charge in [-0.3, -0.25) is 9.69 Å². The third-order valence-electron chi connectivity index (χ3n) is 13.7. The first kappa shape index (κ1) is 23.2. The molecule has 198 valence electrons. The van der Waals surface area contributed by atoms with Crippen molar-refractivity contribution in [2.24, 2.45) is 45.8 Å². The van der Waals surface area contributed by atoms with Gasteiger partial charge in [0.15, 0.2) is 5.78 Å². The lowest BCUT2D eigenvalue weighted by Crippen LogP contribution is -2.64. The summed E-state index contributed by atoms with van der Waals surface area (Å²) < 4.78 is 13.3. The molecule has 2 saturated heterocycles. The lowest BCUT2D eigenvalue weighted by atomic mass is 9.47. The quantitative estimate of drug-likeness (QED) is 0.454. The van der Waals surface area contributed by atoms with Gasteiger partial charge in [-0.1, -0.05) is 26.3 Å². The van der Waals surface area contributed by atoms with Crippen LogP contribution in [0.25, 0.3) is 0 Å². The van der Waals surface area contributed by atoms with Gasteiger partial charge in [0.2, 0.25) is 0 Å². The zero-order valence-electron chi connectivity index (χ0n) is 22.9. The zero-order valence-corrected chi connectivity index (χ0v) is 22.9. The van der Waals surface area contributed by atoms with Gasteiger partial charge < -0.3 is 9.47 Å². The fourth-order valence-corrected chi connectivity index (χ4v) is 12.5. The molecule has 0 amide bonds. The van der Waals surface area contributed by atoms with Crippen LogP contribution in [0.5, 0.6) is 0 Å². The first-order valence-corrected chi connectivity index (χ1v) is 15.6. The van der Waals surface area contributed by atoms with E-state index < -0.39 is 0 Å². The molecule has 0 aromatic rings. The van der Waals surface area contributed by atoms with Gasteiger partial charge in [-0.2, -0.15) is 0 Å². The van der Waals surface area contributed by atoms with Gasteiger partial charge in [0.1, 0.15) is 0 Å². The van der Waals surface area contributed by atoms with Crippen molar-refractivity contribution in [2.75, 3.05) is 26.3 Å². The average molecular weight is 494 g/mol. The minimum absolute atomic E-state index is 0.182. The number of ketones is 1. The fourth-order valence-electron chi connectivity index (χ4n) is 12.5. The highest BCUT2D eigenvalue weighted by molar-refractivity contribution is 5.91. The standard InChI is InChI=1S/C32H47NO3/c1-4-12-35-13-11-33-18-20(2)14-27-28(33)26-17-31-19-30(31)16-25-23(24(30)8-10-32(26,31)36-27)6-5-21-15-22(34)7-9-29(21,25)3/h15,20,23-28H,4-14,16-19H2,1-3H3/t20-,23?,24-,25-,26+,27+,28-,29-,30?,31+,32+/m0/s1. The molecule has 3 spiro atoms. The molecule has 2 heterocycles. The fraction of sp³-hybridized carbons (Fsp3) is 0.906. The van der Waals surface area contributed by atoms with Crippen molar-refractivity contribution >= 4 is 5.78 Å². The summed E-state index contributed by atoms with van der Waals surface area (Å²) in [5.41, 5.74) is 3.04. The van der Waals surface area contributed by atoms with Gasteiger partial charge in [-0.05, 0) is 105 Å². The Morgan fingerprint density at radius 2 is 2.00 bits per heavy atom. The summed E-state index contributed by atoms with van der Waals surface area (Å²) in [6.07, 6.45) is 16.3. The predicted octanol–water partition coefficient (Wildman–Crippen LogP) is 5.79. The lowest BCUT2D eigenvalue weighted by Gasteiger charge is -2.60. The van der Waals surface area contributed by atoms with Gasteiger partial charge in [-0.15, -0.1) is 0 Å². The number of rotatable bonds is 5. The molecule has 2 aliphatic heterocycles. The summed E-state index contributed by atoms with van der Waals surface area (Å²) in [6, 6.07) is 0.631. The summed E-state index contributed by atoms with van der Waals surface area (Å²) in [4.78, 5) is 15.1. The van der Waals surface area contributed by atoms with Gasteiger partial charge in [0.05, 0.1) is 18.3 Å². The van der Waals surface area contributed by atoms with Crippen LogP contribution in [-0.2, 0) is 14.3 Å². The van der Waals surface area contributed by atoms with E-state index in [1.54, 1.807) is 0 Å². The molecular formula is C32H47NO3. The van der Waals surface area contributed by atoms with Crippen molar-refractivity contribution in [2.45, 2.75) is 109 Å². The normalized spacial score (nSPS) is 56.2. The number of hydrogen-bond donors (Lipinski definition) is 0. The van der Waals surface area contributed by atoms with Gasteiger partial charge in [0.25, 0.3) is 0 Å². The molecule has 4 heteroatoms. The Kier molecular flexibility index (Phi) is 4.82.